The van der Waals surface area contributed by atoms with Gasteiger partial charge in [-0.3, -0.25) is 4.79 Å². The summed E-state index contributed by atoms with van der Waals surface area (Å²) in [6.45, 7) is 4.90. The van der Waals surface area contributed by atoms with E-state index in [9.17, 15) is 22.4 Å². The maximum atomic E-state index is 16.3. The minimum absolute atomic E-state index is 0.00940. The summed E-state index contributed by atoms with van der Waals surface area (Å²) in [4.78, 5) is 17.5. The number of carbonyl (C=O) groups is 1. The number of nitrogens with two attached hydrogens (primary N) is 1. The van der Waals surface area contributed by atoms with Crippen molar-refractivity contribution in [3.8, 4) is 17.1 Å². The Kier molecular flexibility index (Phi) is 8.47. The molecular weight excluding hydrogens is 555 g/mol. The summed E-state index contributed by atoms with van der Waals surface area (Å²) in [6, 6.07) is 0.687. The summed E-state index contributed by atoms with van der Waals surface area (Å²) in [6.07, 6.45) is -1.92. The van der Waals surface area contributed by atoms with Gasteiger partial charge in [0.15, 0.2) is 5.82 Å². The van der Waals surface area contributed by atoms with E-state index in [0.717, 1.165) is 18.5 Å². The number of anilines is 2. The molecule has 214 valence electrons. The van der Waals surface area contributed by atoms with Gasteiger partial charge < -0.3 is 26.4 Å². The second-order valence-electron chi connectivity index (χ2n) is 9.18. The van der Waals surface area contributed by atoms with Gasteiger partial charge in [0.05, 0.1) is 29.6 Å². The van der Waals surface area contributed by atoms with Crippen molar-refractivity contribution < 1.29 is 31.5 Å². The van der Waals surface area contributed by atoms with Crippen molar-refractivity contribution in [2.45, 2.75) is 46.0 Å². The molecule has 0 saturated carbocycles. The number of hydrogen-bond donors (Lipinski definition) is 4. The van der Waals surface area contributed by atoms with Crippen LogP contribution in [0.15, 0.2) is 29.4 Å². The standard InChI is InChI=1S/C26H27F5N6O2S/c1-4-15-10-35-24(38)18-23(34-8-14-9-36-40-11-14)21(28)22(37-25(18)39-12(2)5-6-33-15)16-7-17(32)20(27)13(3)19(16)26(29,30)31/h4,7,9,11-12,33H,5-6,8,10,32H2,1-3H3,(H,34,37)(H,35,38)/b15-4-/t12-/m0/s1. The Morgan fingerprint density at radius 2 is 2.02 bits per heavy atom. The van der Waals surface area contributed by atoms with Gasteiger partial charge in [0.1, 0.15) is 17.1 Å². The van der Waals surface area contributed by atoms with Crippen LogP contribution in [0.2, 0.25) is 0 Å². The number of halogens is 5. The van der Waals surface area contributed by atoms with E-state index in [0.29, 0.717) is 30.3 Å². The van der Waals surface area contributed by atoms with Crippen LogP contribution >= 0.6 is 11.5 Å². The molecule has 14 heteroatoms. The van der Waals surface area contributed by atoms with Gasteiger partial charge in [-0.25, -0.2) is 18.1 Å². The zero-order valence-corrected chi connectivity index (χ0v) is 22.6. The largest absolute Gasteiger partial charge is 0.474 e. The molecule has 8 nitrogen and oxygen atoms in total. The Morgan fingerprint density at radius 3 is 2.67 bits per heavy atom. The van der Waals surface area contributed by atoms with Gasteiger partial charge >= 0.3 is 6.18 Å². The number of allylic oxidation sites excluding steroid dienone is 1. The van der Waals surface area contributed by atoms with Gasteiger partial charge in [0.25, 0.3) is 5.91 Å². The number of ether oxygens (including phenoxy) is 1. The summed E-state index contributed by atoms with van der Waals surface area (Å²) < 4.78 is 83.3. The molecule has 5 N–H and O–H groups in total. The third-order valence-electron chi connectivity index (χ3n) is 6.35. The van der Waals surface area contributed by atoms with Gasteiger partial charge in [0, 0.05) is 47.9 Å². The summed E-state index contributed by atoms with van der Waals surface area (Å²) in [5.74, 6) is -3.68. The number of nitrogen functional groups attached to an aromatic ring is 1. The number of carbonyl (C=O) groups excluding carboxylic acids is 1. The quantitative estimate of drug-likeness (QED) is 0.241. The van der Waals surface area contributed by atoms with Crippen LogP contribution in [0.25, 0.3) is 11.3 Å². The Morgan fingerprint density at radius 1 is 1.27 bits per heavy atom. The van der Waals surface area contributed by atoms with Crippen molar-refractivity contribution in [2.24, 2.45) is 0 Å². The third kappa shape index (κ3) is 5.96. The van der Waals surface area contributed by atoms with Gasteiger partial charge in [-0.1, -0.05) is 6.08 Å². The number of pyridine rings is 1. The Labute approximate surface area is 231 Å². The van der Waals surface area contributed by atoms with E-state index < -0.39 is 63.6 Å². The molecule has 0 bridgehead atoms. The van der Waals surface area contributed by atoms with Gasteiger partial charge in [0.2, 0.25) is 5.88 Å². The molecule has 1 aliphatic heterocycles. The van der Waals surface area contributed by atoms with Crippen LogP contribution in [0, 0.1) is 18.6 Å². The lowest BCUT2D eigenvalue weighted by atomic mass is 9.95. The van der Waals surface area contributed by atoms with Crippen LogP contribution in [-0.2, 0) is 12.7 Å². The maximum Gasteiger partial charge on any atom is 0.417 e. The summed E-state index contributed by atoms with van der Waals surface area (Å²) in [7, 11) is 0. The Balaban J connectivity index is 2.00. The fourth-order valence-corrected chi connectivity index (χ4v) is 4.81. The molecule has 2 aromatic heterocycles. The fourth-order valence-electron chi connectivity index (χ4n) is 4.27. The summed E-state index contributed by atoms with van der Waals surface area (Å²) in [5.41, 5.74) is 1.82. The predicted molar refractivity (Wildman–Crippen MR) is 142 cm³/mol. The first-order valence-electron chi connectivity index (χ1n) is 12.3. The van der Waals surface area contributed by atoms with Crippen molar-refractivity contribution in [1.29, 1.82) is 0 Å². The summed E-state index contributed by atoms with van der Waals surface area (Å²) in [5, 5.41) is 10.3. The van der Waals surface area contributed by atoms with E-state index in [2.05, 4.69) is 25.3 Å². The highest BCUT2D eigenvalue weighted by Crippen LogP contribution is 2.44. The topological polar surface area (TPSA) is 114 Å². The lowest BCUT2D eigenvalue weighted by Gasteiger charge is -2.22. The van der Waals surface area contributed by atoms with Crippen LogP contribution < -0.4 is 26.4 Å². The number of hydrogen-bond acceptors (Lipinski definition) is 8. The van der Waals surface area contributed by atoms with Crippen molar-refractivity contribution >= 4 is 28.8 Å². The molecule has 1 amide bonds. The maximum absolute atomic E-state index is 16.3. The lowest BCUT2D eigenvalue weighted by Crippen LogP contribution is -2.31. The third-order valence-corrected chi connectivity index (χ3v) is 6.99. The van der Waals surface area contributed by atoms with Crippen LogP contribution in [0.1, 0.15) is 47.3 Å². The van der Waals surface area contributed by atoms with Gasteiger partial charge in [-0.15, -0.1) is 0 Å². The number of fused-ring (bicyclic) bond motifs is 1. The molecule has 1 atom stereocenters. The molecule has 1 aromatic carbocycles. The van der Waals surface area contributed by atoms with E-state index in [4.69, 9.17) is 10.5 Å². The highest BCUT2D eigenvalue weighted by atomic mass is 32.1. The molecule has 3 aromatic rings. The Hall–Kier alpha value is -3.94. The minimum atomic E-state index is -5.07. The smallest absolute Gasteiger partial charge is 0.417 e. The number of rotatable bonds is 4. The molecule has 0 spiro atoms. The number of aromatic nitrogens is 2. The van der Waals surface area contributed by atoms with Gasteiger partial charge in [-0.2, -0.15) is 13.2 Å². The van der Waals surface area contributed by atoms with Crippen molar-refractivity contribution in [3.63, 3.8) is 0 Å². The first kappa shape index (κ1) is 29.1. The molecule has 0 radical (unpaired) electrons. The fraction of sp³-hybridized carbons (Fsp3) is 0.346. The van der Waals surface area contributed by atoms with E-state index in [1.54, 1.807) is 25.3 Å². The average Bonchev–Trinajstić information content (AvgIpc) is 3.40. The number of amides is 1. The van der Waals surface area contributed by atoms with Crippen LogP contribution in [-0.4, -0.2) is 34.5 Å². The zero-order valence-electron chi connectivity index (χ0n) is 21.8. The second-order valence-corrected chi connectivity index (χ2v) is 9.84. The van der Waals surface area contributed by atoms with E-state index in [-0.39, 0.29) is 24.5 Å². The molecule has 0 fully saturated rings. The van der Waals surface area contributed by atoms with Crippen molar-refractivity contribution in [2.75, 3.05) is 24.1 Å². The van der Waals surface area contributed by atoms with Gasteiger partial charge in [-0.05, 0) is 43.9 Å². The highest BCUT2D eigenvalue weighted by molar-refractivity contribution is 7.03. The Bertz CT molecular complexity index is 1440. The van der Waals surface area contributed by atoms with E-state index in [1.807, 2.05) is 0 Å². The first-order chi connectivity index (χ1) is 18.9. The number of benzene rings is 1. The van der Waals surface area contributed by atoms with Crippen LogP contribution in [0.3, 0.4) is 0 Å². The number of alkyl halides is 3. The molecule has 40 heavy (non-hydrogen) atoms. The monoisotopic (exact) mass is 582 g/mol. The molecule has 0 saturated heterocycles. The first-order valence-corrected chi connectivity index (χ1v) is 13.1. The average molecular weight is 583 g/mol. The second kappa shape index (κ2) is 11.7. The molecule has 4 rings (SSSR count). The normalized spacial score (nSPS) is 17.4. The van der Waals surface area contributed by atoms with Crippen molar-refractivity contribution in [3.05, 3.63) is 63.3 Å². The molecule has 1 aliphatic rings. The molecule has 0 aliphatic carbocycles. The highest BCUT2D eigenvalue weighted by Gasteiger charge is 2.39. The summed E-state index contributed by atoms with van der Waals surface area (Å²) >= 11 is 1.15. The van der Waals surface area contributed by atoms with E-state index >= 15 is 4.39 Å². The molecule has 3 heterocycles. The number of nitrogens with one attached hydrogen (secondary N) is 3. The minimum Gasteiger partial charge on any atom is -0.474 e. The SMILES string of the molecule is C/C=C1/CNC(=O)c2c(nc(-c3cc(N)c(F)c(C)c3C(F)(F)F)c(F)c2NCc2cnsc2)O[C@@H](C)CCN1. The molecule has 0 unspecified atom stereocenters. The van der Waals surface area contributed by atoms with E-state index in [1.165, 1.54) is 6.20 Å². The predicted octanol–water partition coefficient (Wildman–Crippen LogP) is 5.40. The zero-order chi connectivity index (χ0) is 29.2. The molecular formula is C26H27F5N6O2S. The van der Waals surface area contributed by atoms with Crippen LogP contribution in [0.4, 0.5) is 33.3 Å². The van der Waals surface area contributed by atoms with Crippen LogP contribution in [0.5, 0.6) is 5.88 Å². The number of nitrogens with zero attached hydrogens (tertiary/aromatic N) is 2. The van der Waals surface area contributed by atoms with Crippen molar-refractivity contribution in [1.82, 2.24) is 20.0 Å². The lowest BCUT2D eigenvalue weighted by molar-refractivity contribution is -0.137.